The third-order valence-corrected chi connectivity index (χ3v) is 3.91. The Morgan fingerprint density at radius 3 is 2.80 bits per heavy atom. The molecule has 2 rings (SSSR count). The number of nitrogens with zero attached hydrogens (tertiary/aromatic N) is 1. The van der Waals surface area contributed by atoms with Gasteiger partial charge < -0.3 is 10.6 Å². The summed E-state index contributed by atoms with van der Waals surface area (Å²) in [5, 5.41) is 0.0832. The van der Waals surface area contributed by atoms with Gasteiger partial charge in [-0.3, -0.25) is 4.79 Å². The zero-order valence-electron chi connectivity index (χ0n) is 11.8. The minimum absolute atomic E-state index is 0.0832. The number of hydrogen-bond donors (Lipinski definition) is 1. The monoisotopic (exact) mass is 298 g/mol. The summed E-state index contributed by atoms with van der Waals surface area (Å²) >= 11 is 5.72. The summed E-state index contributed by atoms with van der Waals surface area (Å²) in [6.07, 6.45) is 1.09. The number of carbonyl (C=O) groups excluding carboxylic acids is 1. The Hall–Kier alpha value is -1.13. The smallest absolute Gasteiger partial charge is 0.223 e. The zero-order chi connectivity index (χ0) is 14.9. The standard InChI is InChI=1S/C15H20ClFN2O/c1-9(2)8-19-14(20)6-5-13(18)15(19)10-3-4-11(16)12(17)7-10/h3-4,7,9,13,15H,5-6,8,18H2,1-2H3. The fraction of sp³-hybridized carbons (Fsp3) is 0.533. The molecule has 0 spiro atoms. The Morgan fingerprint density at radius 2 is 2.20 bits per heavy atom. The lowest BCUT2D eigenvalue weighted by Gasteiger charge is -2.41. The van der Waals surface area contributed by atoms with Crippen LogP contribution in [-0.2, 0) is 4.79 Å². The number of rotatable bonds is 3. The first-order valence-electron chi connectivity index (χ1n) is 6.90. The van der Waals surface area contributed by atoms with Crippen molar-refractivity contribution < 1.29 is 9.18 Å². The van der Waals surface area contributed by atoms with Crippen molar-refractivity contribution in [3.63, 3.8) is 0 Å². The molecule has 0 aromatic heterocycles. The average molecular weight is 299 g/mol. The van der Waals surface area contributed by atoms with Crippen LogP contribution in [0.15, 0.2) is 18.2 Å². The molecule has 3 nitrogen and oxygen atoms in total. The molecular formula is C15H20ClFN2O. The molecule has 1 heterocycles. The number of benzene rings is 1. The van der Waals surface area contributed by atoms with E-state index in [0.29, 0.717) is 30.9 Å². The lowest BCUT2D eigenvalue weighted by molar-refractivity contribution is -0.138. The molecule has 20 heavy (non-hydrogen) atoms. The third-order valence-electron chi connectivity index (χ3n) is 3.60. The highest BCUT2D eigenvalue weighted by atomic mass is 35.5. The van der Waals surface area contributed by atoms with Gasteiger partial charge in [0.1, 0.15) is 5.82 Å². The summed E-state index contributed by atoms with van der Waals surface area (Å²) in [5.74, 6) is -0.0523. The van der Waals surface area contributed by atoms with Crippen molar-refractivity contribution >= 4 is 17.5 Å². The van der Waals surface area contributed by atoms with Gasteiger partial charge in [-0.1, -0.05) is 31.5 Å². The second-order valence-electron chi connectivity index (χ2n) is 5.76. The summed E-state index contributed by atoms with van der Waals surface area (Å²) in [5.41, 5.74) is 6.89. The van der Waals surface area contributed by atoms with Gasteiger partial charge in [0.15, 0.2) is 0 Å². The highest BCUT2D eigenvalue weighted by Gasteiger charge is 2.35. The highest BCUT2D eigenvalue weighted by molar-refractivity contribution is 6.30. The van der Waals surface area contributed by atoms with Crippen LogP contribution in [0.1, 0.15) is 38.3 Å². The van der Waals surface area contributed by atoms with Crippen molar-refractivity contribution in [3.05, 3.63) is 34.6 Å². The largest absolute Gasteiger partial charge is 0.334 e. The van der Waals surface area contributed by atoms with E-state index in [1.165, 1.54) is 12.1 Å². The van der Waals surface area contributed by atoms with E-state index in [0.717, 1.165) is 0 Å². The van der Waals surface area contributed by atoms with Crippen molar-refractivity contribution in [1.29, 1.82) is 0 Å². The third kappa shape index (κ3) is 3.13. The van der Waals surface area contributed by atoms with E-state index in [2.05, 4.69) is 0 Å². The van der Waals surface area contributed by atoms with Crippen LogP contribution in [0.25, 0.3) is 0 Å². The molecule has 2 atom stereocenters. The molecule has 0 aliphatic carbocycles. The molecule has 1 saturated heterocycles. The van der Waals surface area contributed by atoms with Gasteiger partial charge in [0, 0.05) is 19.0 Å². The summed E-state index contributed by atoms with van der Waals surface area (Å²) < 4.78 is 13.7. The van der Waals surface area contributed by atoms with Crippen molar-refractivity contribution in [2.45, 2.75) is 38.8 Å². The van der Waals surface area contributed by atoms with Crippen molar-refractivity contribution in [2.24, 2.45) is 11.7 Å². The van der Waals surface area contributed by atoms with Crippen LogP contribution in [-0.4, -0.2) is 23.4 Å². The van der Waals surface area contributed by atoms with Gasteiger partial charge in [0.2, 0.25) is 5.91 Å². The Balaban J connectivity index is 2.36. The second kappa shape index (κ2) is 6.10. The predicted molar refractivity (Wildman–Crippen MR) is 77.9 cm³/mol. The lowest BCUT2D eigenvalue weighted by atomic mass is 9.90. The van der Waals surface area contributed by atoms with E-state index in [1.54, 1.807) is 11.0 Å². The highest BCUT2D eigenvalue weighted by Crippen LogP contribution is 2.33. The normalized spacial score (nSPS) is 23.5. The van der Waals surface area contributed by atoms with E-state index < -0.39 is 5.82 Å². The van der Waals surface area contributed by atoms with E-state index in [9.17, 15) is 9.18 Å². The van der Waals surface area contributed by atoms with Crippen LogP contribution in [0.2, 0.25) is 5.02 Å². The first-order chi connectivity index (χ1) is 9.40. The summed E-state index contributed by atoms with van der Waals surface area (Å²) in [4.78, 5) is 13.9. The molecule has 0 bridgehead atoms. The van der Waals surface area contributed by atoms with Crippen LogP contribution < -0.4 is 5.73 Å². The van der Waals surface area contributed by atoms with E-state index in [1.807, 2.05) is 13.8 Å². The van der Waals surface area contributed by atoms with Crippen molar-refractivity contribution in [3.8, 4) is 0 Å². The van der Waals surface area contributed by atoms with Gasteiger partial charge in [-0.2, -0.15) is 0 Å². The molecule has 1 aromatic rings. The van der Waals surface area contributed by atoms with Gasteiger partial charge >= 0.3 is 0 Å². The fourth-order valence-corrected chi connectivity index (χ4v) is 2.83. The average Bonchev–Trinajstić information content (AvgIpc) is 2.37. The second-order valence-corrected chi connectivity index (χ2v) is 6.17. The summed E-state index contributed by atoms with van der Waals surface area (Å²) in [6, 6.07) is 4.21. The molecule has 1 aromatic carbocycles. The van der Waals surface area contributed by atoms with E-state index in [4.69, 9.17) is 17.3 Å². The van der Waals surface area contributed by atoms with Crippen LogP contribution >= 0.6 is 11.6 Å². The maximum absolute atomic E-state index is 13.7. The number of carbonyl (C=O) groups is 1. The number of amides is 1. The summed E-state index contributed by atoms with van der Waals surface area (Å²) in [6.45, 7) is 4.72. The quantitative estimate of drug-likeness (QED) is 0.932. The van der Waals surface area contributed by atoms with Gasteiger partial charge in [0.05, 0.1) is 11.1 Å². The summed E-state index contributed by atoms with van der Waals surface area (Å²) in [7, 11) is 0. The van der Waals surface area contributed by atoms with Gasteiger partial charge in [0.25, 0.3) is 0 Å². The molecule has 2 unspecified atom stereocenters. The molecule has 5 heteroatoms. The SMILES string of the molecule is CC(C)CN1C(=O)CCC(N)C1c1ccc(Cl)c(F)c1. The maximum Gasteiger partial charge on any atom is 0.223 e. The molecule has 1 aliphatic rings. The molecule has 2 N–H and O–H groups in total. The van der Waals surface area contributed by atoms with E-state index >= 15 is 0 Å². The number of piperidine rings is 1. The molecule has 1 aliphatic heterocycles. The number of hydrogen-bond acceptors (Lipinski definition) is 2. The molecule has 0 saturated carbocycles. The molecule has 1 fully saturated rings. The lowest BCUT2D eigenvalue weighted by Crippen LogP contribution is -2.50. The van der Waals surface area contributed by atoms with Gasteiger partial charge in [-0.05, 0) is 30.0 Å². The Kier molecular flexibility index (Phi) is 4.66. The van der Waals surface area contributed by atoms with Crippen LogP contribution in [0.3, 0.4) is 0 Å². The van der Waals surface area contributed by atoms with Crippen molar-refractivity contribution in [2.75, 3.05) is 6.54 Å². The first-order valence-corrected chi connectivity index (χ1v) is 7.28. The van der Waals surface area contributed by atoms with Crippen LogP contribution in [0.5, 0.6) is 0 Å². The van der Waals surface area contributed by atoms with Gasteiger partial charge in [-0.25, -0.2) is 4.39 Å². The first kappa shape index (κ1) is 15.3. The molecular weight excluding hydrogens is 279 g/mol. The predicted octanol–water partition coefficient (Wildman–Crippen LogP) is 3.13. The number of nitrogens with two attached hydrogens (primary N) is 1. The topological polar surface area (TPSA) is 46.3 Å². The minimum Gasteiger partial charge on any atom is -0.334 e. The van der Waals surface area contributed by atoms with Crippen LogP contribution in [0, 0.1) is 11.7 Å². The molecule has 1 amide bonds. The Morgan fingerprint density at radius 1 is 1.50 bits per heavy atom. The minimum atomic E-state index is -0.473. The Labute approximate surface area is 123 Å². The molecule has 110 valence electrons. The van der Waals surface area contributed by atoms with E-state index in [-0.39, 0.29) is 23.0 Å². The fourth-order valence-electron chi connectivity index (χ4n) is 2.71. The van der Waals surface area contributed by atoms with Crippen molar-refractivity contribution in [1.82, 2.24) is 4.90 Å². The maximum atomic E-state index is 13.7. The Bertz CT molecular complexity index is 507. The number of likely N-dealkylation sites (tertiary alicyclic amines) is 1. The zero-order valence-corrected chi connectivity index (χ0v) is 12.5. The number of halogens is 2. The van der Waals surface area contributed by atoms with Crippen LogP contribution in [0.4, 0.5) is 4.39 Å². The molecule has 0 radical (unpaired) electrons. The van der Waals surface area contributed by atoms with Gasteiger partial charge in [-0.15, -0.1) is 0 Å².